The van der Waals surface area contributed by atoms with Gasteiger partial charge in [0.15, 0.2) is 0 Å². The van der Waals surface area contributed by atoms with E-state index in [2.05, 4.69) is 12.2 Å². The number of halogens is 1. The Morgan fingerprint density at radius 2 is 2.20 bits per heavy atom. The van der Waals surface area contributed by atoms with Crippen molar-refractivity contribution in [1.82, 2.24) is 0 Å². The van der Waals surface area contributed by atoms with E-state index in [0.29, 0.717) is 6.61 Å². The number of benzene rings is 1. The average Bonchev–Trinajstić information content (AvgIpc) is 2.87. The van der Waals surface area contributed by atoms with Crippen LogP contribution < -0.4 is 10.1 Å². The van der Waals surface area contributed by atoms with Crippen molar-refractivity contribution in [3.05, 3.63) is 45.1 Å². The van der Waals surface area contributed by atoms with E-state index in [1.54, 1.807) is 0 Å². The number of ether oxygens (including phenoxy) is 1. The van der Waals surface area contributed by atoms with E-state index < -0.39 is 0 Å². The van der Waals surface area contributed by atoms with E-state index in [-0.39, 0.29) is 12.6 Å². The van der Waals surface area contributed by atoms with E-state index in [9.17, 15) is 5.11 Å². The molecule has 0 aliphatic carbocycles. The van der Waals surface area contributed by atoms with Gasteiger partial charge in [-0.1, -0.05) is 11.6 Å². The summed E-state index contributed by atoms with van der Waals surface area (Å²) in [5, 5.41) is 14.8. The molecular weight excluding hydrogens is 294 g/mol. The Morgan fingerprint density at radius 3 is 2.80 bits per heavy atom. The van der Waals surface area contributed by atoms with E-state index in [1.165, 1.54) is 11.3 Å². The molecule has 3 nitrogen and oxygen atoms in total. The maximum absolute atomic E-state index is 9.40. The third-order valence-electron chi connectivity index (χ3n) is 3.00. The smallest absolute Gasteiger partial charge is 0.124 e. The zero-order valence-corrected chi connectivity index (χ0v) is 13.1. The molecule has 0 radical (unpaired) electrons. The number of rotatable bonds is 6. The minimum Gasteiger partial charge on any atom is -0.494 e. The van der Waals surface area contributed by atoms with Crippen molar-refractivity contribution >= 4 is 28.6 Å². The zero-order chi connectivity index (χ0) is 14.5. The lowest BCUT2D eigenvalue weighted by molar-refractivity contribution is 0.267. The van der Waals surface area contributed by atoms with Crippen LogP contribution in [0.3, 0.4) is 0 Å². The van der Waals surface area contributed by atoms with Gasteiger partial charge in [-0.05, 0) is 49.1 Å². The Hall–Kier alpha value is -1.23. The highest BCUT2D eigenvalue weighted by Crippen LogP contribution is 2.29. The number of nitrogens with one attached hydrogen (secondary N) is 1. The van der Waals surface area contributed by atoms with Crippen molar-refractivity contribution in [2.45, 2.75) is 26.5 Å². The molecule has 0 spiro atoms. The van der Waals surface area contributed by atoms with Gasteiger partial charge in [0.05, 0.1) is 17.6 Å². The fourth-order valence-electron chi connectivity index (χ4n) is 1.97. The first-order chi connectivity index (χ1) is 9.63. The number of hydrogen-bond donors (Lipinski definition) is 2. The van der Waals surface area contributed by atoms with Gasteiger partial charge in [0.2, 0.25) is 0 Å². The van der Waals surface area contributed by atoms with Crippen LogP contribution in [0.4, 0.5) is 5.69 Å². The first kappa shape index (κ1) is 15.2. The molecule has 0 fully saturated rings. The summed E-state index contributed by atoms with van der Waals surface area (Å²) in [6.07, 6.45) is 0. The van der Waals surface area contributed by atoms with Crippen LogP contribution in [0.5, 0.6) is 5.75 Å². The lowest BCUT2D eigenvalue weighted by Gasteiger charge is -2.16. The minimum absolute atomic E-state index is 0.0382. The highest BCUT2D eigenvalue weighted by molar-refractivity contribution is 7.14. The van der Waals surface area contributed by atoms with E-state index >= 15 is 0 Å². The lowest BCUT2D eigenvalue weighted by atomic mass is 10.1. The number of thiophene rings is 1. The number of anilines is 1. The number of aliphatic hydroxyl groups excluding tert-OH is 1. The summed E-state index contributed by atoms with van der Waals surface area (Å²) < 4.78 is 6.26. The standard InChI is InChI=1S/C15H18ClNO2S/c1-3-19-14-5-4-13(6-11(14)8-18)17-10(2)12-7-15(16)20-9-12/h4-7,9-10,17-18H,3,8H2,1-2H3. The van der Waals surface area contributed by atoms with Gasteiger partial charge in [0.1, 0.15) is 5.75 Å². The number of aliphatic hydroxyl groups is 1. The largest absolute Gasteiger partial charge is 0.494 e. The molecule has 0 amide bonds. The van der Waals surface area contributed by atoms with Crippen LogP contribution in [0.15, 0.2) is 29.6 Å². The van der Waals surface area contributed by atoms with Crippen molar-refractivity contribution in [2.24, 2.45) is 0 Å². The van der Waals surface area contributed by atoms with Gasteiger partial charge in [-0.2, -0.15) is 0 Å². The first-order valence-electron chi connectivity index (χ1n) is 6.51. The quantitative estimate of drug-likeness (QED) is 0.827. The fourth-order valence-corrected chi connectivity index (χ4v) is 2.96. The van der Waals surface area contributed by atoms with Crippen LogP contribution in [0.25, 0.3) is 0 Å². The Morgan fingerprint density at radius 1 is 1.40 bits per heavy atom. The van der Waals surface area contributed by atoms with Crippen molar-refractivity contribution in [2.75, 3.05) is 11.9 Å². The zero-order valence-electron chi connectivity index (χ0n) is 11.5. The molecule has 1 aromatic heterocycles. The maximum atomic E-state index is 9.40. The van der Waals surface area contributed by atoms with Gasteiger partial charge in [-0.25, -0.2) is 0 Å². The van der Waals surface area contributed by atoms with Gasteiger partial charge in [0, 0.05) is 17.3 Å². The Kier molecular flexibility index (Phi) is 5.29. The van der Waals surface area contributed by atoms with Crippen molar-refractivity contribution in [3.63, 3.8) is 0 Å². The molecule has 0 saturated carbocycles. The predicted octanol–water partition coefficient (Wildman–Crippen LogP) is 4.47. The molecule has 0 bridgehead atoms. The maximum Gasteiger partial charge on any atom is 0.124 e. The van der Waals surface area contributed by atoms with Crippen LogP contribution in [-0.2, 0) is 6.61 Å². The minimum atomic E-state index is -0.0382. The lowest BCUT2D eigenvalue weighted by Crippen LogP contribution is -2.06. The van der Waals surface area contributed by atoms with Crippen LogP contribution >= 0.6 is 22.9 Å². The monoisotopic (exact) mass is 311 g/mol. The summed E-state index contributed by atoms with van der Waals surface area (Å²) in [7, 11) is 0. The molecule has 20 heavy (non-hydrogen) atoms. The highest BCUT2D eigenvalue weighted by Gasteiger charge is 2.09. The Bertz CT molecular complexity index is 571. The normalized spacial score (nSPS) is 12.2. The second-order valence-electron chi connectivity index (χ2n) is 4.46. The Balaban J connectivity index is 2.13. The molecule has 2 aromatic rings. The summed E-state index contributed by atoms with van der Waals surface area (Å²) in [6.45, 7) is 4.55. The highest BCUT2D eigenvalue weighted by atomic mass is 35.5. The molecule has 2 N–H and O–H groups in total. The van der Waals surface area contributed by atoms with Crippen LogP contribution in [0.1, 0.15) is 31.0 Å². The summed E-state index contributed by atoms with van der Waals surface area (Å²) in [6, 6.07) is 7.86. The summed E-state index contributed by atoms with van der Waals surface area (Å²) >= 11 is 7.48. The molecular formula is C15H18ClNO2S. The van der Waals surface area contributed by atoms with Crippen LogP contribution in [0.2, 0.25) is 4.34 Å². The number of hydrogen-bond acceptors (Lipinski definition) is 4. The molecule has 2 rings (SSSR count). The third-order valence-corrected chi connectivity index (χ3v) is 4.11. The van der Waals surface area contributed by atoms with Crippen LogP contribution in [0, 0.1) is 0 Å². The first-order valence-corrected chi connectivity index (χ1v) is 7.76. The predicted molar refractivity (Wildman–Crippen MR) is 84.9 cm³/mol. The molecule has 0 aliphatic heterocycles. The van der Waals surface area contributed by atoms with E-state index in [1.807, 2.05) is 36.6 Å². The molecule has 0 aliphatic rings. The van der Waals surface area contributed by atoms with Gasteiger partial charge in [-0.15, -0.1) is 11.3 Å². The molecule has 1 heterocycles. The third kappa shape index (κ3) is 3.66. The van der Waals surface area contributed by atoms with Crippen molar-refractivity contribution < 1.29 is 9.84 Å². The summed E-state index contributed by atoms with van der Waals surface area (Å²) in [5.41, 5.74) is 2.89. The average molecular weight is 312 g/mol. The summed E-state index contributed by atoms with van der Waals surface area (Å²) in [5.74, 6) is 0.729. The van der Waals surface area contributed by atoms with Gasteiger partial charge in [0.25, 0.3) is 0 Å². The SMILES string of the molecule is CCOc1ccc(NC(C)c2csc(Cl)c2)cc1CO. The van der Waals surface area contributed by atoms with Crippen molar-refractivity contribution in [1.29, 1.82) is 0 Å². The fraction of sp³-hybridized carbons (Fsp3) is 0.333. The second-order valence-corrected chi connectivity index (χ2v) is 6.01. The second kappa shape index (κ2) is 6.97. The van der Waals surface area contributed by atoms with Gasteiger partial charge < -0.3 is 15.2 Å². The molecule has 108 valence electrons. The molecule has 1 aromatic carbocycles. The van der Waals surface area contributed by atoms with E-state index in [4.69, 9.17) is 16.3 Å². The van der Waals surface area contributed by atoms with Crippen LogP contribution in [-0.4, -0.2) is 11.7 Å². The van der Waals surface area contributed by atoms with Crippen molar-refractivity contribution in [3.8, 4) is 5.75 Å². The van der Waals surface area contributed by atoms with Gasteiger partial charge >= 0.3 is 0 Å². The molecule has 5 heteroatoms. The molecule has 1 atom stereocenters. The molecule has 1 unspecified atom stereocenters. The summed E-state index contributed by atoms with van der Waals surface area (Å²) in [4.78, 5) is 0. The topological polar surface area (TPSA) is 41.5 Å². The van der Waals surface area contributed by atoms with E-state index in [0.717, 1.165) is 26.9 Å². The molecule has 0 saturated heterocycles. The Labute approximate surface area is 128 Å². The van der Waals surface area contributed by atoms with Gasteiger partial charge in [-0.3, -0.25) is 0 Å².